The quantitative estimate of drug-likeness (QED) is 0.921. The van der Waals surface area contributed by atoms with Gasteiger partial charge in [-0.25, -0.2) is 8.78 Å². The number of nitrogens with zero attached hydrogens (tertiary/aromatic N) is 2. The largest absolute Gasteiger partial charge is 0.314 e. The molecule has 0 amide bonds. The van der Waals surface area contributed by atoms with E-state index in [0.29, 0.717) is 16.6 Å². The van der Waals surface area contributed by atoms with E-state index in [4.69, 9.17) is 0 Å². The minimum atomic E-state index is -0.591. The maximum absolute atomic E-state index is 14.0. The average Bonchev–Trinajstić information content (AvgIpc) is 3.13. The van der Waals surface area contributed by atoms with Gasteiger partial charge in [-0.1, -0.05) is 17.4 Å². The first-order valence-corrected chi connectivity index (χ1v) is 7.47. The van der Waals surface area contributed by atoms with E-state index in [9.17, 15) is 8.78 Å². The molecule has 106 valence electrons. The van der Waals surface area contributed by atoms with Crippen LogP contribution in [0.3, 0.4) is 0 Å². The Balaban J connectivity index is 1.77. The summed E-state index contributed by atoms with van der Waals surface area (Å²) in [5.74, 6) is -1.14. The van der Waals surface area contributed by atoms with Crippen molar-refractivity contribution in [3.8, 4) is 10.6 Å². The van der Waals surface area contributed by atoms with E-state index in [-0.39, 0.29) is 5.56 Å². The molecule has 3 nitrogen and oxygen atoms in total. The minimum absolute atomic E-state index is 0.0658. The van der Waals surface area contributed by atoms with Crippen LogP contribution in [0.1, 0.15) is 23.4 Å². The lowest BCUT2D eigenvalue weighted by Crippen LogP contribution is -2.19. The van der Waals surface area contributed by atoms with Crippen molar-refractivity contribution in [3.05, 3.63) is 34.3 Å². The van der Waals surface area contributed by atoms with E-state index in [2.05, 4.69) is 15.5 Å². The van der Waals surface area contributed by atoms with Gasteiger partial charge in [0.1, 0.15) is 16.6 Å². The van der Waals surface area contributed by atoms with Crippen molar-refractivity contribution in [3.63, 3.8) is 0 Å². The van der Waals surface area contributed by atoms with Gasteiger partial charge in [-0.05, 0) is 31.4 Å². The molecule has 0 saturated heterocycles. The Morgan fingerprint density at radius 3 is 2.85 bits per heavy atom. The maximum atomic E-state index is 14.0. The third-order valence-electron chi connectivity index (χ3n) is 3.31. The van der Waals surface area contributed by atoms with Crippen LogP contribution in [0.4, 0.5) is 8.78 Å². The molecule has 0 unspecified atom stereocenters. The molecule has 1 heterocycles. The van der Waals surface area contributed by atoms with Crippen LogP contribution in [0.2, 0.25) is 0 Å². The minimum Gasteiger partial charge on any atom is -0.314 e. The highest BCUT2D eigenvalue weighted by Crippen LogP contribution is 2.30. The molecule has 0 bridgehead atoms. The molecule has 1 aliphatic carbocycles. The summed E-state index contributed by atoms with van der Waals surface area (Å²) in [5.41, 5.74) is 0.345. The fraction of sp³-hybridized carbons (Fsp3) is 0.429. The van der Waals surface area contributed by atoms with Gasteiger partial charge in [0.05, 0.1) is 5.56 Å². The van der Waals surface area contributed by atoms with E-state index in [1.165, 1.54) is 36.3 Å². The number of benzene rings is 1. The molecule has 1 fully saturated rings. The molecule has 1 saturated carbocycles. The molecular formula is C14H15F2N3S. The Labute approximate surface area is 120 Å². The van der Waals surface area contributed by atoms with Crippen molar-refractivity contribution in [2.75, 3.05) is 6.54 Å². The van der Waals surface area contributed by atoms with Crippen LogP contribution in [0.15, 0.2) is 12.1 Å². The van der Waals surface area contributed by atoms with Crippen LogP contribution in [0.5, 0.6) is 0 Å². The fourth-order valence-electron chi connectivity index (χ4n) is 1.98. The second-order valence-electron chi connectivity index (χ2n) is 5.03. The summed E-state index contributed by atoms with van der Waals surface area (Å²) in [4.78, 5) is 0. The molecule has 3 rings (SSSR count). The van der Waals surface area contributed by atoms with E-state index >= 15 is 0 Å². The molecule has 6 heteroatoms. The van der Waals surface area contributed by atoms with Gasteiger partial charge in [-0.15, -0.1) is 10.2 Å². The van der Waals surface area contributed by atoms with Gasteiger partial charge in [0.2, 0.25) is 0 Å². The van der Waals surface area contributed by atoms with Crippen LogP contribution in [0.25, 0.3) is 10.6 Å². The van der Waals surface area contributed by atoms with Crippen LogP contribution >= 0.6 is 11.3 Å². The zero-order chi connectivity index (χ0) is 14.1. The molecule has 20 heavy (non-hydrogen) atoms. The summed E-state index contributed by atoms with van der Waals surface area (Å²) in [5, 5.41) is 12.4. The van der Waals surface area contributed by atoms with E-state index in [0.717, 1.165) is 18.0 Å². The molecular weight excluding hydrogens is 280 g/mol. The van der Waals surface area contributed by atoms with E-state index in [1.807, 2.05) is 0 Å². The van der Waals surface area contributed by atoms with Crippen molar-refractivity contribution in [2.45, 2.75) is 32.2 Å². The number of aromatic nitrogens is 2. The van der Waals surface area contributed by atoms with Gasteiger partial charge in [-0.3, -0.25) is 0 Å². The highest BCUT2D eigenvalue weighted by Gasteiger charge is 2.21. The zero-order valence-electron chi connectivity index (χ0n) is 11.1. The highest BCUT2D eigenvalue weighted by molar-refractivity contribution is 7.14. The summed E-state index contributed by atoms with van der Waals surface area (Å²) in [6.45, 7) is 2.44. The molecule has 1 aromatic carbocycles. The Bertz CT molecular complexity index is 623. The highest BCUT2D eigenvalue weighted by atomic mass is 32.1. The van der Waals surface area contributed by atoms with Crippen molar-refractivity contribution in [1.82, 2.24) is 15.5 Å². The third kappa shape index (κ3) is 2.86. The van der Waals surface area contributed by atoms with Crippen molar-refractivity contribution >= 4 is 11.3 Å². The maximum Gasteiger partial charge on any atom is 0.153 e. The molecule has 1 N–H and O–H groups in total. The van der Waals surface area contributed by atoms with E-state index < -0.39 is 11.6 Å². The smallest absolute Gasteiger partial charge is 0.153 e. The van der Waals surface area contributed by atoms with Crippen LogP contribution in [0, 0.1) is 18.6 Å². The first-order valence-electron chi connectivity index (χ1n) is 6.66. The lowest BCUT2D eigenvalue weighted by Gasteiger charge is -2.03. The number of hydrogen-bond donors (Lipinski definition) is 1. The number of rotatable bonds is 5. The van der Waals surface area contributed by atoms with Gasteiger partial charge < -0.3 is 5.32 Å². The number of nitrogens with one attached hydrogen (secondary N) is 1. The first kappa shape index (κ1) is 13.6. The topological polar surface area (TPSA) is 37.8 Å². The monoisotopic (exact) mass is 295 g/mol. The number of halogens is 2. The van der Waals surface area contributed by atoms with Crippen LogP contribution in [-0.2, 0) is 6.42 Å². The lowest BCUT2D eigenvalue weighted by molar-refractivity contribution is 0.583. The Kier molecular flexibility index (Phi) is 3.76. The number of hydrogen-bond acceptors (Lipinski definition) is 4. The SMILES string of the molecule is Cc1ccc(F)c(-c2nnc(CCNC3CC3)s2)c1F. The molecule has 1 aromatic heterocycles. The molecule has 0 radical (unpaired) electrons. The Morgan fingerprint density at radius 1 is 1.30 bits per heavy atom. The van der Waals surface area contributed by atoms with Crippen molar-refractivity contribution in [2.24, 2.45) is 0 Å². The van der Waals surface area contributed by atoms with E-state index in [1.54, 1.807) is 6.92 Å². The van der Waals surface area contributed by atoms with Gasteiger partial charge in [0.25, 0.3) is 0 Å². The summed E-state index contributed by atoms with van der Waals surface area (Å²) >= 11 is 1.25. The summed E-state index contributed by atoms with van der Waals surface area (Å²) < 4.78 is 27.8. The third-order valence-corrected chi connectivity index (χ3v) is 4.31. The lowest BCUT2D eigenvalue weighted by atomic mass is 10.1. The summed E-state index contributed by atoms with van der Waals surface area (Å²) in [7, 11) is 0. The average molecular weight is 295 g/mol. The zero-order valence-corrected chi connectivity index (χ0v) is 11.9. The number of aryl methyl sites for hydroxylation is 1. The fourth-order valence-corrected chi connectivity index (χ4v) is 2.86. The second kappa shape index (κ2) is 5.54. The van der Waals surface area contributed by atoms with Gasteiger partial charge in [-0.2, -0.15) is 0 Å². The second-order valence-corrected chi connectivity index (χ2v) is 6.09. The Hall–Kier alpha value is -1.40. The Morgan fingerprint density at radius 2 is 2.10 bits per heavy atom. The first-order chi connectivity index (χ1) is 9.65. The van der Waals surface area contributed by atoms with Crippen LogP contribution < -0.4 is 5.32 Å². The molecule has 1 aliphatic rings. The van der Waals surface area contributed by atoms with Crippen molar-refractivity contribution < 1.29 is 8.78 Å². The predicted molar refractivity (Wildman–Crippen MR) is 74.7 cm³/mol. The van der Waals surface area contributed by atoms with Gasteiger partial charge in [0, 0.05) is 19.0 Å². The molecule has 0 spiro atoms. The summed E-state index contributed by atoms with van der Waals surface area (Å²) in [6.07, 6.45) is 3.21. The van der Waals surface area contributed by atoms with Gasteiger partial charge in [0.15, 0.2) is 5.01 Å². The standard InChI is InChI=1S/C14H15F2N3S/c1-8-2-5-10(15)12(13(8)16)14-19-18-11(20-14)6-7-17-9-3-4-9/h2,5,9,17H,3-4,6-7H2,1H3. The molecule has 0 atom stereocenters. The summed E-state index contributed by atoms with van der Waals surface area (Å²) in [6, 6.07) is 3.34. The molecule has 0 aliphatic heterocycles. The van der Waals surface area contributed by atoms with Crippen molar-refractivity contribution in [1.29, 1.82) is 0 Å². The predicted octanol–water partition coefficient (Wildman–Crippen LogP) is 3.09. The molecule has 2 aromatic rings. The van der Waals surface area contributed by atoms with Crippen LogP contribution in [-0.4, -0.2) is 22.8 Å². The van der Waals surface area contributed by atoms with Gasteiger partial charge >= 0.3 is 0 Å². The normalized spacial score (nSPS) is 14.8.